The molecule has 1 atom stereocenters. The number of rotatable bonds is 7. The van der Waals surface area contributed by atoms with Crippen molar-refractivity contribution in [2.45, 2.75) is 24.8 Å². The van der Waals surface area contributed by atoms with Crippen LogP contribution in [-0.4, -0.2) is 34.6 Å². The van der Waals surface area contributed by atoms with Gasteiger partial charge in [0, 0.05) is 6.04 Å². The van der Waals surface area contributed by atoms with Crippen LogP contribution in [0.3, 0.4) is 0 Å². The first-order valence-corrected chi connectivity index (χ1v) is 7.79. The van der Waals surface area contributed by atoms with Gasteiger partial charge >= 0.3 is 5.97 Å². The molecular formula is C13H20N2O4S. The summed E-state index contributed by atoms with van der Waals surface area (Å²) >= 11 is 0. The first kappa shape index (κ1) is 16.6. The van der Waals surface area contributed by atoms with Crippen LogP contribution in [0, 0.1) is 0 Å². The quantitative estimate of drug-likeness (QED) is 0.728. The largest absolute Gasteiger partial charge is 0.468 e. The van der Waals surface area contributed by atoms with Crippen LogP contribution in [0.4, 0.5) is 0 Å². The maximum absolute atomic E-state index is 12.0. The highest BCUT2D eigenvalue weighted by Crippen LogP contribution is 2.17. The number of hydrogen-bond donors (Lipinski definition) is 2. The number of carbonyl (C=O) groups excluding carboxylic acids is 1. The van der Waals surface area contributed by atoms with Gasteiger partial charge in [0.1, 0.15) is 6.54 Å². The number of ether oxygens (including phenoxy) is 1. The van der Waals surface area contributed by atoms with E-state index >= 15 is 0 Å². The Morgan fingerprint density at radius 1 is 1.40 bits per heavy atom. The van der Waals surface area contributed by atoms with Gasteiger partial charge in [-0.3, -0.25) is 4.79 Å². The van der Waals surface area contributed by atoms with Gasteiger partial charge in [-0.2, -0.15) is 4.72 Å². The minimum atomic E-state index is -3.72. The Morgan fingerprint density at radius 3 is 2.70 bits per heavy atom. The van der Waals surface area contributed by atoms with Crippen molar-refractivity contribution in [2.24, 2.45) is 0 Å². The highest BCUT2D eigenvalue weighted by Gasteiger charge is 2.17. The van der Waals surface area contributed by atoms with E-state index in [2.05, 4.69) is 14.8 Å². The molecule has 2 N–H and O–H groups in total. The molecule has 0 aliphatic rings. The summed E-state index contributed by atoms with van der Waals surface area (Å²) in [6.07, 6.45) is 0. The van der Waals surface area contributed by atoms with Crippen molar-refractivity contribution in [3.05, 3.63) is 29.8 Å². The van der Waals surface area contributed by atoms with Gasteiger partial charge in [-0.25, -0.2) is 8.42 Å². The number of esters is 1. The average Bonchev–Trinajstić information content (AvgIpc) is 2.45. The normalized spacial score (nSPS) is 12.9. The van der Waals surface area contributed by atoms with E-state index in [1.165, 1.54) is 13.2 Å². The van der Waals surface area contributed by atoms with Gasteiger partial charge in [-0.15, -0.1) is 0 Å². The maximum Gasteiger partial charge on any atom is 0.320 e. The van der Waals surface area contributed by atoms with E-state index in [0.717, 1.165) is 12.1 Å². The molecule has 1 unspecified atom stereocenters. The molecule has 0 radical (unpaired) electrons. The fourth-order valence-corrected chi connectivity index (χ4v) is 2.71. The molecule has 0 aromatic heterocycles. The van der Waals surface area contributed by atoms with E-state index in [4.69, 9.17) is 0 Å². The van der Waals surface area contributed by atoms with Crippen molar-refractivity contribution < 1.29 is 17.9 Å². The van der Waals surface area contributed by atoms with Crippen LogP contribution < -0.4 is 10.0 Å². The predicted octanol–water partition coefficient (Wildman–Crippen LogP) is 0.808. The molecule has 0 aliphatic heterocycles. The molecule has 1 rings (SSSR count). The zero-order valence-electron chi connectivity index (χ0n) is 11.8. The standard InChI is InChI=1S/C13H20N2O4S/c1-4-14-10(2)11-6-5-7-12(8-11)20(17,18)15-9-13(16)19-3/h5-8,10,14-15H,4,9H2,1-3H3. The second-order valence-corrected chi connectivity index (χ2v) is 6.02. The zero-order valence-corrected chi connectivity index (χ0v) is 12.7. The highest BCUT2D eigenvalue weighted by atomic mass is 32.2. The first-order chi connectivity index (χ1) is 9.40. The molecule has 0 saturated carbocycles. The van der Waals surface area contributed by atoms with Crippen molar-refractivity contribution in [1.29, 1.82) is 0 Å². The second kappa shape index (κ2) is 7.37. The van der Waals surface area contributed by atoms with Crippen molar-refractivity contribution in [2.75, 3.05) is 20.2 Å². The van der Waals surface area contributed by atoms with E-state index in [-0.39, 0.29) is 17.5 Å². The highest BCUT2D eigenvalue weighted by molar-refractivity contribution is 7.89. The Labute approximate surface area is 119 Å². The fourth-order valence-electron chi connectivity index (χ4n) is 1.68. The molecule has 0 spiro atoms. The Bertz CT molecular complexity index is 557. The van der Waals surface area contributed by atoms with Gasteiger partial charge < -0.3 is 10.1 Å². The molecule has 6 nitrogen and oxygen atoms in total. The van der Waals surface area contributed by atoms with Gasteiger partial charge in [0.25, 0.3) is 0 Å². The molecule has 0 bridgehead atoms. The summed E-state index contributed by atoms with van der Waals surface area (Å²) in [5.41, 5.74) is 0.868. The Morgan fingerprint density at radius 2 is 2.10 bits per heavy atom. The van der Waals surface area contributed by atoms with Gasteiger partial charge in [-0.1, -0.05) is 19.1 Å². The molecular weight excluding hydrogens is 280 g/mol. The third-order valence-corrected chi connectivity index (χ3v) is 4.21. The summed E-state index contributed by atoms with van der Waals surface area (Å²) in [4.78, 5) is 11.1. The smallest absolute Gasteiger partial charge is 0.320 e. The third kappa shape index (κ3) is 4.59. The summed E-state index contributed by atoms with van der Waals surface area (Å²) in [7, 11) is -2.51. The fraction of sp³-hybridized carbons (Fsp3) is 0.462. The van der Waals surface area contributed by atoms with Gasteiger partial charge in [-0.05, 0) is 31.2 Å². The lowest BCUT2D eigenvalue weighted by atomic mass is 10.1. The minimum Gasteiger partial charge on any atom is -0.468 e. The van der Waals surface area contributed by atoms with Crippen molar-refractivity contribution in [1.82, 2.24) is 10.0 Å². The lowest BCUT2D eigenvalue weighted by Gasteiger charge is -2.14. The summed E-state index contributed by atoms with van der Waals surface area (Å²) in [6, 6.07) is 6.66. The third-order valence-electron chi connectivity index (χ3n) is 2.81. The topological polar surface area (TPSA) is 84.5 Å². The first-order valence-electron chi connectivity index (χ1n) is 6.30. The molecule has 0 heterocycles. The van der Waals surface area contributed by atoms with E-state index in [0.29, 0.717) is 0 Å². The van der Waals surface area contributed by atoms with E-state index < -0.39 is 16.0 Å². The summed E-state index contributed by atoms with van der Waals surface area (Å²) in [6.45, 7) is 4.34. The Kier molecular flexibility index (Phi) is 6.12. The number of hydrogen-bond acceptors (Lipinski definition) is 5. The number of benzene rings is 1. The Hall–Kier alpha value is -1.44. The number of nitrogens with one attached hydrogen (secondary N) is 2. The second-order valence-electron chi connectivity index (χ2n) is 4.25. The van der Waals surface area contributed by atoms with E-state index in [1.807, 2.05) is 19.9 Å². The molecule has 0 saturated heterocycles. The molecule has 1 aromatic carbocycles. The summed E-state index contributed by atoms with van der Waals surface area (Å²) < 4.78 is 30.7. The van der Waals surface area contributed by atoms with Crippen LogP contribution >= 0.6 is 0 Å². The zero-order chi connectivity index (χ0) is 15.2. The average molecular weight is 300 g/mol. The van der Waals surface area contributed by atoms with Crippen molar-refractivity contribution in [3.8, 4) is 0 Å². The van der Waals surface area contributed by atoms with Crippen LogP contribution in [0.5, 0.6) is 0 Å². The molecule has 1 aromatic rings. The predicted molar refractivity (Wildman–Crippen MR) is 75.7 cm³/mol. The van der Waals surface area contributed by atoms with Crippen molar-refractivity contribution >= 4 is 16.0 Å². The van der Waals surface area contributed by atoms with Gasteiger partial charge in [0.05, 0.1) is 12.0 Å². The van der Waals surface area contributed by atoms with E-state index in [9.17, 15) is 13.2 Å². The number of methoxy groups -OCH3 is 1. The SMILES string of the molecule is CCNC(C)c1cccc(S(=O)(=O)NCC(=O)OC)c1. The molecule has 20 heavy (non-hydrogen) atoms. The lowest BCUT2D eigenvalue weighted by molar-refractivity contribution is -0.139. The Balaban J connectivity index is 2.90. The summed E-state index contributed by atoms with van der Waals surface area (Å²) in [5, 5.41) is 3.21. The van der Waals surface area contributed by atoms with Crippen LogP contribution in [0.2, 0.25) is 0 Å². The molecule has 0 aliphatic carbocycles. The molecule has 112 valence electrons. The maximum atomic E-state index is 12.0. The monoisotopic (exact) mass is 300 g/mol. The van der Waals surface area contributed by atoms with Crippen LogP contribution in [0.15, 0.2) is 29.2 Å². The lowest BCUT2D eigenvalue weighted by Crippen LogP contribution is -2.30. The van der Waals surface area contributed by atoms with Crippen LogP contribution in [0.1, 0.15) is 25.5 Å². The molecule has 0 fully saturated rings. The minimum absolute atomic E-state index is 0.0516. The van der Waals surface area contributed by atoms with Crippen LogP contribution in [0.25, 0.3) is 0 Å². The van der Waals surface area contributed by atoms with Gasteiger partial charge in [0.2, 0.25) is 10.0 Å². The number of carbonyl (C=O) groups is 1. The van der Waals surface area contributed by atoms with Crippen molar-refractivity contribution in [3.63, 3.8) is 0 Å². The summed E-state index contributed by atoms with van der Waals surface area (Å²) in [5.74, 6) is -0.634. The van der Waals surface area contributed by atoms with Gasteiger partial charge in [0.15, 0.2) is 0 Å². The van der Waals surface area contributed by atoms with Crippen LogP contribution in [-0.2, 0) is 19.6 Å². The number of sulfonamides is 1. The van der Waals surface area contributed by atoms with E-state index in [1.54, 1.807) is 12.1 Å². The molecule has 7 heteroatoms. The molecule has 0 amide bonds.